The Kier molecular flexibility index (Phi) is 2.33. The van der Waals surface area contributed by atoms with E-state index in [1.807, 2.05) is 43.5 Å². The molecule has 0 saturated heterocycles. The smallest absolute Gasteiger partial charge is 0.123 e. The van der Waals surface area contributed by atoms with Crippen molar-refractivity contribution in [2.75, 3.05) is 5.32 Å². The number of H-pyrrole nitrogens is 1. The van der Waals surface area contributed by atoms with Crippen molar-refractivity contribution in [2.24, 2.45) is 0 Å². The first kappa shape index (κ1) is 9.96. The molecule has 86 valence electrons. The number of aromatic amines is 1. The van der Waals surface area contributed by atoms with E-state index >= 15 is 0 Å². The summed E-state index contributed by atoms with van der Waals surface area (Å²) in [4.78, 5) is 0. The lowest BCUT2D eigenvalue weighted by atomic mass is 10.2. The van der Waals surface area contributed by atoms with Crippen LogP contribution in [0.4, 0.5) is 5.69 Å². The van der Waals surface area contributed by atoms with E-state index in [1.165, 1.54) is 0 Å². The van der Waals surface area contributed by atoms with E-state index < -0.39 is 0 Å². The summed E-state index contributed by atoms with van der Waals surface area (Å²) in [5.41, 5.74) is 2.08. The largest absolute Gasteiger partial charge is 0.465 e. The number of aryl methyl sites for hydroxylation is 1. The quantitative estimate of drug-likeness (QED) is 0.723. The molecule has 17 heavy (non-hydrogen) atoms. The van der Waals surface area contributed by atoms with E-state index in [4.69, 9.17) is 4.42 Å². The van der Waals surface area contributed by atoms with Gasteiger partial charge in [-0.25, -0.2) is 0 Å². The number of anilines is 1. The van der Waals surface area contributed by atoms with Crippen molar-refractivity contribution >= 4 is 16.6 Å². The van der Waals surface area contributed by atoms with Crippen molar-refractivity contribution in [3.05, 3.63) is 48.0 Å². The Morgan fingerprint density at radius 2 is 2.24 bits per heavy atom. The molecule has 0 aliphatic rings. The third kappa shape index (κ3) is 2.01. The molecule has 4 heteroatoms. The Labute approximate surface area is 98.6 Å². The zero-order chi connectivity index (χ0) is 11.7. The number of nitrogens with one attached hydrogen (secondary N) is 2. The summed E-state index contributed by atoms with van der Waals surface area (Å²) in [6.07, 6.45) is 1.81. The molecular weight excluding hydrogens is 214 g/mol. The minimum absolute atomic E-state index is 0.688. The van der Waals surface area contributed by atoms with E-state index in [1.54, 1.807) is 0 Å². The molecule has 2 N–H and O–H groups in total. The lowest BCUT2D eigenvalue weighted by Crippen LogP contribution is -1.97. The van der Waals surface area contributed by atoms with Gasteiger partial charge in [0.1, 0.15) is 11.5 Å². The third-order valence-electron chi connectivity index (χ3n) is 2.70. The monoisotopic (exact) mass is 227 g/mol. The highest BCUT2D eigenvalue weighted by Gasteiger charge is 2.00. The van der Waals surface area contributed by atoms with Gasteiger partial charge in [0.05, 0.1) is 18.3 Å². The minimum Gasteiger partial charge on any atom is -0.465 e. The summed E-state index contributed by atoms with van der Waals surface area (Å²) >= 11 is 0. The Hall–Kier alpha value is -2.23. The van der Waals surface area contributed by atoms with Crippen LogP contribution in [0.2, 0.25) is 0 Å². The summed E-state index contributed by atoms with van der Waals surface area (Å²) in [6.45, 7) is 2.63. The minimum atomic E-state index is 0.688. The predicted octanol–water partition coefficient (Wildman–Crippen LogP) is 3.08. The fraction of sp³-hybridized carbons (Fsp3) is 0.154. The van der Waals surface area contributed by atoms with Crippen LogP contribution in [0.25, 0.3) is 10.9 Å². The van der Waals surface area contributed by atoms with Crippen LogP contribution in [0, 0.1) is 6.92 Å². The van der Waals surface area contributed by atoms with Gasteiger partial charge < -0.3 is 9.73 Å². The molecule has 0 saturated carbocycles. The standard InChI is InChI=1S/C13H13N3O/c1-9-2-5-12(17-9)8-14-11-4-3-10-7-15-16-13(10)6-11/h2-7,14H,8H2,1H3,(H,15,16). The SMILES string of the molecule is Cc1ccc(CNc2ccc3cn[nH]c3c2)o1. The number of hydrogen-bond acceptors (Lipinski definition) is 3. The Morgan fingerprint density at radius 3 is 3.06 bits per heavy atom. The average molecular weight is 227 g/mol. The highest BCUT2D eigenvalue weighted by Crippen LogP contribution is 2.17. The molecule has 0 atom stereocenters. The van der Waals surface area contributed by atoms with Gasteiger partial charge in [-0.15, -0.1) is 0 Å². The summed E-state index contributed by atoms with van der Waals surface area (Å²) in [5, 5.41) is 11.4. The maximum Gasteiger partial charge on any atom is 0.123 e. The number of furan rings is 1. The van der Waals surface area contributed by atoms with E-state index in [-0.39, 0.29) is 0 Å². The number of aromatic nitrogens is 2. The van der Waals surface area contributed by atoms with Crippen LogP contribution in [-0.2, 0) is 6.54 Å². The molecule has 0 fully saturated rings. The van der Waals surface area contributed by atoms with Crippen LogP contribution in [-0.4, -0.2) is 10.2 Å². The van der Waals surface area contributed by atoms with Crippen molar-refractivity contribution in [1.29, 1.82) is 0 Å². The Morgan fingerprint density at radius 1 is 1.29 bits per heavy atom. The van der Waals surface area contributed by atoms with E-state index in [2.05, 4.69) is 15.5 Å². The second kappa shape index (κ2) is 3.97. The molecule has 1 aromatic carbocycles. The average Bonchev–Trinajstić information content (AvgIpc) is 2.94. The van der Waals surface area contributed by atoms with Crippen molar-refractivity contribution in [3.63, 3.8) is 0 Å². The lowest BCUT2D eigenvalue weighted by molar-refractivity contribution is 0.490. The van der Waals surface area contributed by atoms with E-state index in [0.29, 0.717) is 6.54 Å². The third-order valence-corrected chi connectivity index (χ3v) is 2.70. The fourth-order valence-corrected chi connectivity index (χ4v) is 1.82. The molecule has 0 aliphatic carbocycles. The van der Waals surface area contributed by atoms with Crippen molar-refractivity contribution < 1.29 is 4.42 Å². The Balaban J connectivity index is 1.76. The number of hydrogen-bond donors (Lipinski definition) is 2. The number of rotatable bonds is 3. The van der Waals surface area contributed by atoms with Gasteiger partial charge in [-0.3, -0.25) is 5.10 Å². The van der Waals surface area contributed by atoms with Crippen LogP contribution in [0.5, 0.6) is 0 Å². The number of nitrogens with zero attached hydrogens (tertiary/aromatic N) is 1. The lowest BCUT2D eigenvalue weighted by Gasteiger charge is -2.04. The maximum absolute atomic E-state index is 5.50. The van der Waals surface area contributed by atoms with Gasteiger partial charge in [-0.05, 0) is 37.3 Å². The molecule has 2 aromatic heterocycles. The molecule has 2 heterocycles. The first-order valence-electron chi connectivity index (χ1n) is 5.53. The molecule has 4 nitrogen and oxygen atoms in total. The summed E-state index contributed by atoms with van der Waals surface area (Å²) in [7, 11) is 0. The first-order chi connectivity index (χ1) is 8.31. The first-order valence-corrected chi connectivity index (χ1v) is 5.53. The van der Waals surface area contributed by atoms with Crippen LogP contribution >= 0.6 is 0 Å². The highest BCUT2D eigenvalue weighted by atomic mass is 16.3. The zero-order valence-corrected chi connectivity index (χ0v) is 9.53. The van der Waals surface area contributed by atoms with Crippen molar-refractivity contribution in [1.82, 2.24) is 10.2 Å². The molecule has 3 aromatic rings. The summed E-state index contributed by atoms with van der Waals surface area (Å²) in [6, 6.07) is 10.1. The normalized spacial score (nSPS) is 10.9. The van der Waals surface area contributed by atoms with Crippen molar-refractivity contribution in [3.8, 4) is 0 Å². The van der Waals surface area contributed by atoms with Crippen LogP contribution in [0.3, 0.4) is 0 Å². The molecular formula is C13H13N3O. The zero-order valence-electron chi connectivity index (χ0n) is 9.53. The molecule has 0 radical (unpaired) electrons. The second-order valence-electron chi connectivity index (χ2n) is 4.04. The van der Waals surface area contributed by atoms with Gasteiger partial charge in [0.15, 0.2) is 0 Å². The molecule has 0 amide bonds. The van der Waals surface area contributed by atoms with E-state index in [0.717, 1.165) is 28.1 Å². The van der Waals surface area contributed by atoms with Gasteiger partial charge in [0, 0.05) is 11.1 Å². The van der Waals surface area contributed by atoms with Gasteiger partial charge in [0.2, 0.25) is 0 Å². The highest BCUT2D eigenvalue weighted by molar-refractivity contribution is 5.81. The number of fused-ring (bicyclic) bond motifs is 1. The second-order valence-corrected chi connectivity index (χ2v) is 4.04. The molecule has 0 bridgehead atoms. The van der Waals surface area contributed by atoms with Gasteiger partial charge >= 0.3 is 0 Å². The predicted molar refractivity (Wildman–Crippen MR) is 66.9 cm³/mol. The van der Waals surface area contributed by atoms with Crippen molar-refractivity contribution in [2.45, 2.75) is 13.5 Å². The fourth-order valence-electron chi connectivity index (χ4n) is 1.82. The Bertz CT molecular complexity index is 639. The summed E-state index contributed by atoms with van der Waals surface area (Å²) in [5.74, 6) is 1.87. The van der Waals surface area contributed by atoms with Crippen LogP contribution in [0.1, 0.15) is 11.5 Å². The topological polar surface area (TPSA) is 53.9 Å². The summed E-state index contributed by atoms with van der Waals surface area (Å²) < 4.78 is 5.50. The molecule has 0 unspecified atom stereocenters. The maximum atomic E-state index is 5.50. The molecule has 3 rings (SSSR count). The molecule has 0 spiro atoms. The van der Waals surface area contributed by atoms with Gasteiger partial charge in [-0.2, -0.15) is 5.10 Å². The van der Waals surface area contributed by atoms with E-state index in [9.17, 15) is 0 Å². The number of benzene rings is 1. The van der Waals surface area contributed by atoms with Gasteiger partial charge in [-0.1, -0.05) is 0 Å². The molecule has 0 aliphatic heterocycles. The van der Waals surface area contributed by atoms with Gasteiger partial charge in [0.25, 0.3) is 0 Å². The van der Waals surface area contributed by atoms with Crippen LogP contribution in [0.15, 0.2) is 40.9 Å². The van der Waals surface area contributed by atoms with Crippen LogP contribution < -0.4 is 5.32 Å².